The molecule has 0 radical (unpaired) electrons. The van der Waals surface area contributed by atoms with E-state index < -0.39 is 17.8 Å². The van der Waals surface area contributed by atoms with Crippen molar-refractivity contribution in [3.05, 3.63) is 90.5 Å². The summed E-state index contributed by atoms with van der Waals surface area (Å²) in [5.41, 5.74) is 3.67. The molecule has 184 valence electrons. The van der Waals surface area contributed by atoms with Crippen LogP contribution in [0.2, 0.25) is 0 Å². The van der Waals surface area contributed by atoms with Gasteiger partial charge in [-0.3, -0.25) is 14.9 Å². The van der Waals surface area contributed by atoms with Crippen molar-refractivity contribution in [1.29, 1.82) is 0 Å². The number of rotatable bonds is 6. The van der Waals surface area contributed by atoms with E-state index in [1.807, 2.05) is 44.2 Å². The second-order valence-corrected chi connectivity index (χ2v) is 10.3. The summed E-state index contributed by atoms with van der Waals surface area (Å²) in [5.74, 6) is -0.551. The van der Waals surface area contributed by atoms with Gasteiger partial charge >= 0.3 is 6.03 Å². The molecule has 0 atom stereocenters. The highest BCUT2D eigenvalue weighted by molar-refractivity contribution is 14.1. The maximum atomic E-state index is 13.3. The van der Waals surface area contributed by atoms with E-state index in [0.29, 0.717) is 33.8 Å². The number of halogens is 2. The Morgan fingerprint density at radius 3 is 2.36 bits per heavy atom. The van der Waals surface area contributed by atoms with Gasteiger partial charge in [0.25, 0.3) is 11.8 Å². The molecule has 0 unspecified atom stereocenters. The quantitative estimate of drug-likeness (QED) is 0.202. The molecule has 36 heavy (non-hydrogen) atoms. The van der Waals surface area contributed by atoms with E-state index in [1.165, 1.54) is 13.2 Å². The second kappa shape index (κ2) is 10.8. The van der Waals surface area contributed by atoms with Gasteiger partial charge in [0.15, 0.2) is 11.5 Å². The zero-order valence-electron chi connectivity index (χ0n) is 19.7. The van der Waals surface area contributed by atoms with Gasteiger partial charge in [0.2, 0.25) is 0 Å². The molecule has 1 N–H and O–H groups in total. The molecule has 1 aliphatic rings. The average molecular weight is 661 g/mol. The minimum absolute atomic E-state index is 0.178. The van der Waals surface area contributed by atoms with Crippen molar-refractivity contribution in [3.63, 3.8) is 0 Å². The van der Waals surface area contributed by atoms with Crippen LogP contribution < -0.4 is 19.7 Å². The zero-order chi connectivity index (χ0) is 26.0. The van der Waals surface area contributed by atoms with E-state index in [2.05, 4.69) is 43.8 Å². The molecule has 0 bridgehead atoms. The first-order chi connectivity index (χ1) is 17.2. The van der Waals surface area contributed by atoms with Crippen LogP contribution in [0.1, 0.15) is 22.3 Å². The van der Waals surface area contributed by atoms with Crippen LogP contribution in [0.15, 0.2) is 64.6 Å². The monoisotopic (exact) mass is 660 g/mol. The molecule has 0 aromatic heterocycles. The number of aryl methyl sites for hydroxylation is 2. The molecule has 0 aliphatic carbocycles. The smallest absolute Gasteiger partial charge is 0.335 e. The Morgan fingerprint density at radius 2 is 1.69 bits per heavy atom. The standard InChI is InChI=1S/C27H22BrIN2O5/c1-15-4-9-20(10-16(15)2)31-26(33)21(25(32)30-27(31)34)11-18-12-23(35-3)24(13-22(18)28)36-14-17-5-7-19(29)8-6-17/h4-13H,14H2,1-3H3,(H,30,32,34)/b21-11+. The molecular formula is C27H22BrIN2O5. The lowest BCUT2D eigenvalue weighted by Crippen LogP contribution is -2.54. The molecule has 7 nitrogen and oxygen atoms in total. The minimum atomic E-state index is -0.790. The largest absolute Gasteiger partial charge is 0.493 e. The minimum Gasteiger partial charge on any atom is -0.493 e. The van der Waals surface area contributed by atoms with Crippen LogP contribution in [0.3, 0.4) is 0 Å². The number of urea groups is 1. The molecule has 9 heteroatoms. The molecule has 3 aromatic rings. The van der Waals surface area contributed by atoms with Gasteiger partial charge in [-0.2, -0.15) is 0 Å². The highest BCUT2D eigenvalue weighted by Gasteiger charge is 2.37. The number of nitrogens with zero attached hydrogens (tertiary/aromatic N) is 1. The summed E-state index contributed by atoms with van der Waals surface area (Å²) in [6.07, 6.45) is 1.42. The molecule has 4 rings (SSSR count). The maximum absolute atomic E-state index is 13.3. The molecule has 0 spiro atoms. The van der Waals surface area contributed by atoms with Gasteiger partial charge in [0, 0.05) is 8.04 Å². The van der Waals surface area contributed by atoms with Crippen molar-refractivity contribution in [2.75, 3.05) is 12.0 Å². The number of ether oxygens (including phenoxy) is 2. The average Bonchev–Trinajstić information content (AvgIpc) is 2.84. The van der Waals surface area contributed by atoms with Crippen molar-refractivity contribution in [3.8, 4) is 11.5 Å². The van der Waals surface area contributed by atoms with E-state index in [-0.39, 0.29) is 5.57 Å². The van der Waals surface area contributed by atoms with Gasteiger partial charge < -0.3 is 9.47 Å². The summed E-state index contributed by atoms with van der Waals surface area (Å²) in [6, 6.07) is 15.8. The van der Waals surface area contributed by atoms with E-state index >= 15 is 0 Å². The number of amides is 4. The number of methoxy groups -OCH3 is 1. The number of nitrogens with one attached hydrogen (secondary N) is 1. The number of imide groups is 2. The first-order valence-corrected chi connectivity index (χ1v) is 12.8. The number of benzene rings is 3. The summed E-state index contributed by atoms with van der Waals surface area (Å²) in [6.45, 7) is 4.16. The molecule has 3 aromatic carbocycles. The first-order valence-electron chi connectivity index (χ1n) is 10.9. The fraction of sp³-hybridized carbons (Fsp3) is 0.148. The Balaban J connectivity index is 1.64. The molecular weight excluding hydrogens is 639 g/mol. The Hall–Kier alpha value is -3.18. The van der Waals surface area contributed by atoms with E-state index in [1.54, 1.807) is 24.3 Å². The predicted molar refractivity (Wildman–Crippen MR) is 149 cm³/mol. The lowest BCUT2D eigenvalue weighted by molar-refractivity contribution is -0.122. The lowest BCUT2D eigenvalue weighted by Gasteiger charge is -2.27. The van der Waals surface area contributed by atoms with Crippen LogP contribution in [-0.2, 0) is 16.2 Å². The Morgan fingerprint density at radius 1 is 0.972 bits per heavy atom. The molecule has 0 saturated carbocycles. The Bertz CT molecular complexity index is 1400. The van der Waals surface area contributed by atoms with Crippen molar-refractivity contribution < 1.29 is 23.9 Å². The van der Waals surface area contributed by atoms with Crippen LogP contribution in [0.5, 0.6) is 11.5 Å². The summed E-state index contributed by atoms with van der Waals surface area (Å²) in [7, 11) is 1.51. The van der Waals surface area contributed by atoms with Crippen molar-refractivity contribution in [1.82, 2.24) is 5.32 Å². The predicted octanol–water partition coefficient (Wildman–Crippen LogP) is 5.92. The third-order valence-corrected chi connectivity index (χ3v) is 7.15. The van der Waals surface area contributed by atoms with Crippen molar-refractivity contribution in [2.45, 2.75) is 20.5 Å². The van der Waals surface area contributed by atoms with Crippen molar-refractivity contribution >= 4 is 68.1 Å². The van der Waals surface area contributed by atoms with Crippen LogP contribution in [0, 0.1) is 17.4 Å². The SMILES string of the molecule is COc1cc(/C=C2\C(=O)NC(=O)N(c3ccc(C)c(C)c3)C2=O)c(Br)cc1OCc1ccc(I)cc1. The normalized spacial score (nSPS) is 14.8. The third-order valence-electron chi connectivity index (χ3n) is 5.74. The summed E-state index contributed by atoms with van der Waals surface area (Å²) >= 11 is 5.74. The van der Waals surface area contributed by atoms with E-state index in [4.69, 9.17) is 9.47 Å². The second-order valence-electron chi connectivity index (χ2n) is 8.17. The summed E-state index contributed by atoms with van der Waals surface area (Å²) in [5, 5.41) is 2.25. The van der Waals surface area contributed by atoms with Gasteiger partial charge in [-0.1, -0.05) is 34.1 Å². The number of barbiturate groups is 1. The molecule has 1 fully saturated rings. The van der Waals surface area contributed by atoms with Crippen molar-refractivity contribution in [2.24, 2.45) is 0 Å². The number of carbonyl (C=O) groups excluding carboxylic acids is 3. The van der Waals surface area contributed by atoms with Crippen LogP contribution in [-0.4, -0.2) is 25.0 Å². The van der Waals surface area contributed by atoms with Gasteiger partial charge in [0.1, 0.15) is 12.2 Å². The molecule has 4 amide bonds. The van der Waals surface area contributed by atoms with Gasteiger partial charge in [-0.25, -0.2) is 9.69 Å². The van der Waals surface area contributed by atoms with Gasteiger partial charge in [-0.15, -0.1) is 0 Å². The highest BCUT2D eigenvalue weighted by Crippen LogP contribution is 2.36. The van der Waals surface area contributed by atoms with Crippen LogP contribution >= 0.6 is 38.5 Å². The number of hydrogen-bond acceptors (Lipinski definition) is 5. The Kier molecular flexibility index (Phi) is 7.79. The Labute approximate surface area is 230 Å². The van der Waals surface area contributed by atoms with Crippen LogP contribution in [0.25, 0.3) is 6.08 Å². The lowest BCUT2D eigenvalue weighted by atomic mass is 10.0. The first kappa shape index (κ1) is 25.9. The zero-order valence-corrected chi connectivity index (χ0v) is 23.5. The summed E-state index contributed by atoms with van der Waals surface area (Å²) in [4.78, 5) is 39.4. The maximum Gasteiger partial charge on any atom is 0.335 e. The topological polar surface area (TPSA) is 84.9 Å². The number of anilines is 1. The third kappa shape index (κ3) is 5.46. The molecule has 1 heterocycles. The van der Waals surface area contributed by atoms with Gasteiger partial charge in [-0.05, 0) is 101 Å². The number of carbonyl (C=O) groups is 3. The van der Waals surface area contributed by atoms with E-state index in [9.17, 15) is 14.4 Å². The molecule has 1 saturated heterocycles. The van der Waals surface area contributed by atoms with Gasteiger partial charge in [0.05, 0.1) is 12.8 Å². The fourth-order valence-corrected chi connectivity index (χ4v) is 4.38. The fourth-order valence-electron chi connectivity index (χ4n) is 3.59. The number of hydrogen-bond donors (Lipinski definition) is 1. The summed E-state index contributed by atoms with van der Waals surface area (Å²) < 4.78 is 13.2. The van der Waals surface area contributed by atoms with Crippen LogP contribution in [0.4, 0.5) is 10.5 Å². The highest BCUT2D eigenvalue weighted by atomic mass is 127. The van der Waals surface area contributed by atoms with E-state index in [0.717, 1.165) is 25.2 Å². The molecule has 1 aliphatic heterocycles.